The van der Waals surface area contributed by atoms with Gasteiger partial charge in [0.25, 0.3) is 5.91 Å². The number of amides is 1. The first-order valence-electron chi connectivity index (χ1n) is 8.52. The number of halogens is 1. The lowest BCUT2D eigenvalue weighted by Gasteiger charge is -2.28. The van der Waals surface area contributed by atoms with Gasteiger partial charge in [0.2, 0.25) is 0 Å². The van der Waals surface area contributed by atoms with E-state index in [0.29, 0.717) is 22.3 Å². The maximum atomic E-state index is 13.1. The molecule has 2 aromatic rings. The van der Waals surface area contributed by atoms with Gasteiger partial charge in [-0.25, -0.2) is 4.79 Å². The number of nitrogens with zero attached hydrogens (tertiary/aromatic N) is 1. The minimum atomic E-state index is -0.604. The molecule has 1 amide bonds. The number of hydrogen-bond donors (Lipinski definition) is 0. The molecule has 1 saturated heterocycles. The number of carbonyl (C=O) groups excluding carboxylic acids is 2. The molecule has 26 heavy (non-hydrogen) atoms. The van der Waals surface area contributed by atoms with Gasteiger partial charge in [-0.2, -0.15) is 0 Å². The SMILES string of the molecule is CCCCOC(=O)C1CSC(c2ccccc2Cl)N1C(=O)c1cccs1. The summed E-state index contributed by atoms with van der Waals surface area (Å²) in [6.07, 6.45) is 1.77. The number of thiophene rings is 1. The topological polar surface area (TPSA) is 46.6 Å². The molecule has 138 valence electrons. The standard InChI is InChI=1S/C19H20ClNO3S2/c1-2-3-10-24-19(23)15-12-26-18(13-7-4-5-8-14(13)20)21(15)17(22)16-9-6-11-25-16/h4-9,11,15,18H,2-3,10,12H2,1H3. The third kappa shape index (κ3) is 4.08. The van der Waals surface area contributed by atoms with Gasteiger partial charge in [-0.15, -0.1) is 23.1 Å². The first-order chi connectivity index (χ1) is 12.6. The van der Waals surface area contributed by atoms with Crippen LogP contribution in [0.15, 0.2) is 41.8 Å². The van der Waals surface area contributed by atoms with Gasteiger partial charge >= 0.3 is 5.97 Å². The third-order valence-electron chi connectivity index (χ3n) is 4.15. The van der Waals surface area contributed by atoms with Crippen LogP contribution in [-0.2, 0) is 9.53 Å². The molecule has 0 bridgehead atoms. The molecule has 0 N–H and O–H groups in total. The number of rotatable bonds is 6. The van der Waals surface area contributed by atoms with E-state index in [-0.39, 0.29) is 17.3 Å². The largest absolute Gasteiger partial charge is 0.464 e. The molecule has 1 fully saturated rings. The average molecular weight is 410 g/mol. The van der Waals surface area contributed by atoms with Crippen molar-refractivity contribution < 1.29 is 14.3 Å². The number of unbranched alkanes of at least 4 members (excludes halogenated alkanes) is 1. The third-order valence-corrected chi connectivity index (χ3v) is 6.66. The van der Waals surface area contributed by atoms with E-state index < -0.39 is 6.04 Å². The van der Waals surface area contributed by atoms with E-state index in [2.05, 4.69) is 0 Å². The summed E-state index contributed by atoms with van der Waals surface area (Å²) in [6.45, 7) is 2.42. The van der Waals surface area contributed by atoms with Gasteiger partial charge in [-0.1, -0.05) is 49.2 Å². The molecule has 7 heteroatoms. The maximum absolute atomic E-state index is 13.1. The second kappa shape index (κ2) is 8.93. The molecule has 3 rings (SSSR count). The van der Waals surface area contributed by atoms with Crippen LogP contribution in [0.1, 0.15) is 40.4 Å². The van der Waals surface area contributed by atoms with E-state index in [4.69, 9.17) is 16.3 Å². The highest BCUT2D eigenvalue weighted by atomic mass is 35.5. The number of esters is 1. The molecule has 1 aromatic heterocycles. The Balaban J connectivity index is 1.89. The Bertz CT molecular complexity index is 766. The molecule has 0 aliphatic carbocycles. The molecule has 0 spiro atoms. The van der Waals surface area contributed by atoms with E-state index in [1.54, 1.807) is 28.8 Å². The summed E-state index contributed by atoms with van der Waals surface area (Å²) in [5.41, 5.74) is 0.841. The monoisotopic (exact) mass is 409 g/mol. The molecular formula is C19H20ClNO3S2. The number of hydrogen-bond acceptors (Lipinski definition) is 5. The predicted octanol–water partition coefficient (Wildman–Crippen LogP) is 5.00. The lowest BCUT2D eigenvalue weighted by molar-refractivity contribution is -0.148. The molecule has 4 nitrogen and oxygen atoms in total. The molecule has 2 heterocycles. The van der Waals surface area contributed by atoms with Crippen LogP contribution in [0.3, 0.4) is 0 Å². The summed E-state index contributed by atoms with van der Waals surface area (Å²) >= 11 is 9.28. The van der Waals surface area contributed by atoms with Crippen molar-refractivity contribution in [2.45, 2.75) is 31.2 Å². The fourth-order valence-corrected chi connectivity index (χ4v) is 5.21. The first kappa shape index (κ1) is 19.3. The molecular weight excluding hydrogens is 390 g/mol. The molecule has 1 aliphatic heterocycles. The van der Waals surface area contributed by atoms with Crippen molar-refractivity contribution in [1.29, 1.82) is 0 Å². The number of carbonyl (C=O) groups is 2. The van der Waals surface area contributed by atoms with Gasteiger partial charge in [-0.05, 0) is 23.9 Å². The van der Waals surface area contributed by atoms with Crippen molar-refractivity contribution in [3.8, 4) is 0 Å². The Hall–Kier alpha value is -1.50. The highest BCUT2D eigenvalue weighted by Crippen LogP contribution is 2.45. The lowest BCUT2D eigenvalue weighted by Crippen LogP contribution is -2.43. The van der Waals surface area contributed by atoms with Gasteiger partial charge in [0.15, 0.2) is 0 Å². The Morgan fingerprint density at radius 3 is 2.77 bits per heavy atom. The van der Waals surface area contributed by atoms with Crippen molar-refractivity contribution in [3.63, 3.8) is 0 Å². The summed E-state index contributed by atoms with van der Waals surface area (Å²) in [4.78, 5) is 28.0. The fraction of sp³-hybridized carbons (Fsp3) is 0.368. The minimum Gasteiger partial charge on any atom is -0.464 e. The van der Waals surface area contributed by atoms with Gasteiger partial charge < -0.3 is 9.64 Å². The van der Waals surface area contributed by atoms with Crippen LogP contribution in [0.4, 0.5) is 0 Å². The van der Waals surface area contributed by atoms with Gasteiger partial charge in [0, 0.05) is 16.3 Å². The summed E-state index contributed by atoms with van der Waals surface area (Å²) in [6, 6.07) is 10.5. The zero-order valence-electron chi connectivity index (χ0n) is 14.4. The Kier molecular flexibility index (Phi) is 6.62. The van der Waals surface area contributed by atoms with Gasteiger partial charge in [0.05, 0.1) is 11.5 Å². The number of benzene rings is 1. The van der Waals surface area contributed by atoms with Crippen molar-refractivity contribution in [2.75, 3.05) is 12.4 Å². The Morgan fingerprint density at radius 1 is 1.27 bits per heavy atom. The molecule has 1 aliphatic rings. The minimum absolute atomic E-state index is 0.160. The van der Waals surface area contributed by atoms with Gasteiger partial charge in [0.1, 0.15) is 11.4 Å². The van der Waals surface area contributed by atoms with E-state index in [1.807, 2.05) is 36.6 Å². The summed E-state index contributed by atoms with van der Waals surface area (Å²) in [5, 5.41) is 2.14. The molecule has 1 aromatic carbocycles. The smallest absolute Gasteiger partial charge is 0.329 e. The second-order valence-corrected chi connectivity index (χ2v) is 8.40. The van der Waals surface area contributed by atoms with Crippen molar-refractivity contribution >= 4 is 46.6 Å². The molecule has 0 saturated carbocycles. The Morgan fingerprint density at radius 2 is 2.08 bits per heavy atom. The van der Waals surface area contributed by atoms with Crippen LogP contribution in [0, 0.1) is 0 Å². The summed E-state index contributed by atoms with van der Waals surface area (Å²) < 4.78 is 5.40. The molecule has 2 atom stereocenters. The van der Waals surface area contributed by atoms with Crippen LogP contribution in [-0.4, -0.2) is 35.2 Å². The predicted molar refractivity (Wildman–Crippen MR) is 107 cm³/mol. The van der Waals surface area contributed by atoms with E-state index in [0.717, 1.165) is 18.4 Å². The Labute approximate surface area is 166 Å². The quantitative estimate of drug-likeness (QED) is 0.497. The van der Waals surface area contributed by atoms with Crippen LogP contribution >= 0.6 is 34.7 Å². The normalized spacial score (nSPS) is 19.5. The van der Waals surface area contributed by atoms with Crippen LogP contribution in [0.5, 0.6) is 0 Å². The van der Waals surface area contributed by atoms with Crippen molar-refractivity contribution in [2.24, 2.45) is 0 Å². The highest BCUT2D eigenvalue weighted by molar-refractivity contribution is 7.99. The van der Waals surface area contributed by atoms with Crippen LogP contribution < -0.4 is 0 Å². The zero-order chi connectivity index (χ0) is 18.5. The van der Waals surface area contributed by atoms with Gasteiger partial charge in [-0.3, -0.25) is 4.79 Å². The van der Waals surface area contributed by atoms with Crippen molar-refractivity contribution in [3.05, 3.63) is 57.2 Å². The lowest BCUT2D eigenvalue weighted by atomic mass is 10.1. The van der Waals surface area contributed by atoms with Crippen molar-refractivity contribution in [1.82, 2.24) is 4.90 Å². The average Bonchev–Trinajstić information content (AvgIpc) is 3.32. The number of thioether (sulfide) groups is 1. The first-order valence-corrected chi connectivity index (χ1v) is 10.8. The zero-order valence-corrected chi connectivity index (χ0v) is 16.8. The second-order valence-electron chi connectivity index (χ2n) is 5.93. The van der Waals surface area contributed by atoms with E-state index >= 15 is 0 Å². The molecule has 0 radical (unpaired) electrons. The fourth-order valence-electron chi connectivity index (χ4n) is 2.79. The van der Waals surface area contributed by atoms with E-state index in [9.17, 15) is 9.59 Å². The van der Waals surface area contributed by atoms with E-state index in [1.165, 1.54) is 11.3 Å². The van der Waals surface area contributed by atoms with Crippen LogP contribution in [0.2, 0.25) is 5.02 Å². The summed E-state index contributed by atoms with van der Waals surface area (Å²) in [5.74, 6) is -0.00408. The highest BCUT2D eigenvalue weighted by Gasteiger charge is 2.44. The molecule has 2 unspecified atom stereocenters. The number of ether oxygens (including phenoxy) is 1. The van der Waals surface area contributed by atoms with Crippen LogP contribution in [0.25, 0.3) is 0 Å². The summed E-state index contributed by atoms with van der Waals surface area (Å²) in [7, 11) is 0. The maximum Gasteiger partial charge on any atom is 0.329 e.